The van der Waals surface area contributed by atoms with Crippen molar-refractivity contribution in [1.82, 2.24) is 9.21 Å². The number of ether oxygens (including phenoxy) is 2. The molecule has 1 aromatic carbocycles. The number of amides is 1. The second-order valence-corrected chi connectivity index (χ2v) is 9.32. The van der Waals surface area contributed by atoms with Crippen molar-refractivity contribution in [3.8, 4) is 11.5 Å². The van der Waals surface area contributed by atoms with Gasteiger partial charge in [-0.05, 0) is 23.6 Å². The minimum atomic E-state index is -3.63. The lowest BCUT2D eigenvalue weighted by atomic mass is 10.3. The second-order valence-electron chi connectivity index (χ2n) is 6.35. The second kappa shape index (κ2) is 7.49. The maximum Gasteiger partial charge on any atom is 0.243 e. The predicted octanol–water partition coefficient (Wildman–Crippen LogP) is 1.59. The van der Waals surface area contributed by atoms with Crippen molar-refractivity contribution in [3.63, 3.8) is 0 Å². The Morgan fingerprint density at radius 1 is 1.04 bits per heavy atom. The van der Waals surface area contributed by atoms with Crippen LogP contribution in [0.4, 0.5) is 0 Å². The van der Waals surface area contributed by atoms with Crippen LogP contribution >= 0.6 is 11.3 Å². The van der Waals surface area contributed by atoms with Gasteiger partial charge in [-0.15, -0.1) is 11.3 Å². The Bertz CT molecular complexity index is 919. The van der Waals surface area contributed by atoms with Gasteiger partial charge in [0.05, 0.1) is 11.3 Å². The summed E-state index contributed by atoms with van der Waals surface area (Å²) >= 11 is 1.55. The molecule has 4 rings (SSSR count). The molecular weight excluding hydrogens is 388 g/mol. The van der Waals surface area contributed by atoms with Gasteiger partial charge in [-0.1, -0.05) is 6.07 Å². The van der Waals surface area contributed by atoms with Crippen LogP contribution in [-0.4, -0.2) is 62.9 Å². The minimum Gasteiger partial charge on any atom is -0.486 e. The molecule has 1 fully saturated rings. The van der Waals surface area contributed by atoms with E-state index in [1.165, 1.54) is 16.4 Å². The summed E-state index contributed by atoms with van der Waals surface area (Å²) < 4.78 is 38.2. The number of carbonyl (C=O) groups is 1. The van der Waals surface area contributed by atoms with E-state index >= 15 is 0 Å². The monoisotopic (exact) mass is 408 g/mol. The van der Waals surface area contributed by atoms with Gasteiger partial charge in [0.2, 0.25) is 15.9 Å². The number of thiophene rings is 1. The molecular formula is C18H20N2O5S2. The van der Waals surface area contributed by atoms with E-state index in [0.29, 0.717) is 44.2 Å². The zero-order valence-corrected chi connectivity index (χ0v) is 16.3. The molecule has 0 saturated carbocycles. The van der Waals surface area contributed by atoms with Gasteiger partial charge in [0.15, 0.2) is 11.5 Å². The van der Waals surface area contributed by atoms with Crippen molar-refractivity contribution < 1.29 is 22.7 Å². The maximum atomic E-state index is 12.9. The Labute approximate surface area is 162 Å². The van der Waals surface area contributed by atoms with Gasteiger partial charge in [0, 0.05) is 37.1 Å². The van der Waals surface area contributed by atoms with Gasteiger partial charge in [-0.2, -0.15) is 4.31 Å². The van der Waals surface area contributed by atoms with Crippen molar-refractivity contribution >= 4 is 27.3 Å². The molecule has 0 N–H and O–H groups in total. The SMILES string of the molecule is O=C(Cc1cccs1)N1CCN(S(=O)(=O)c2ccc3c(c2)OCCO3)CC1. The fraction of sp³-hybridized carbons (Fsp3) is 0.389. The normalized spacial score (nSPS) is 17.7. The van der Waals surface area contributed by atoms with Gasteiger partial charge in [0.1, 0.15) is 13.2 Å². The molecule has 0 bridgehead atoms. The molecule has 7 nitrogen and oxygen atoms in total. The smallest absolute Gasteiger partial charge is 0.243 e. The molecule has 1 aromatic heterocycles. The Morgan fingerprint density at radius 2 is 1.78 bits per heavy atom. The number of fused-ring (bicyclic) bond motifs is 1. The fourth-order valence-corrected chi connectivity index (χ4v) is 5.32. The van der Waals surface area contributed by atoms with Crippen LogP contribution in [0.3, 0.4) is 0 Å². The number of rotatable bonds is 4. The third-order valence-corrected chi connectivity index (χ3v) is 7.42. The molecule has 2 aromatic rings. The largest absolute Gasteiger partial charge is 0.486 e. The van der Waals surface area contributed by atoms with Crippen LogP contribution in [0.15, 0.2) is 40.6 Å². The van der Waals surface area contributed by atoms with E-state index in [2.05, 4.69) is 0 Å². The Morgan fingerprint density at radius 3 is 2.48 bits per heavy atom. The molecule has 2 aliphatic rings. The summed E-state index contributed by atoms with van der Waals surface area (Å²) in [6.07, 6.45) is 0.368. The highest BCUT2D eigenvalue weighted by atomic mass is 32.2. The Kier molecular flexibility index (Phi) is 5.07. The number of nitrogens with zero attached hydrogens (tertiary/aromatic N) is 2. The van der Waals surface area contributed by atoms with Gasteiger partial charge in [-0.3, -0.25) is 4.79 Å². The molecule has 0 spiro atoms. The van der Waals surface area contributed by atoms with Crippen LogP contribution in [0.2, 0.25) is 0 Å². The van der Waals surface area contributed by atoms with E-state index in [9.17, 15) is 13.2 Å². The average Bonchev–Trinajstić information content (AvgIpc) is 3.20. The Hall–Kier alpha value is -2.10. The number of benzene rings is 1. The third kappa shape index (κ3) is 3.80. The molecule has 0 unspecified atom stereocenters. The molecule has 27 heavy (non-hydrogen) atoms. The number of sulfonamides is 1. The summed E-state index contributed by atoms with van der Waals surface area (Å²) in [5.41, 5.74) is 0. The zero-order chi connectivity index (χ0) is 18.9. The molecule has 0 atom stereocenters. The first-order valence-corrected chi connectivity index (χ1v) is 11.1. The lowest BCUT2D eigenvalue weighted by Gasteiger charge is -2.34. The highest BCUT2D eigenvalue weighted by Gasteiger charge is 2.31. The van der Waals surface area contributed by atoms with E-state index in [1.54, 1.807) is 22.3 Å². The van der Waals surface area contributed by atoms with Crippen molar-refractivity contribution in [1.29, 1.82) is 0 Å². The molecule has 9 heteroatoms. The predicted molar refractivity (Wildman–Crippen MR) is 101 cm³/mol. The van der Waals surface area contributed by atoms with E-state index in [-0.39, 0.29) is 23.9 Å². The number of hydrogen-bond donors (Lipinski definition) is 0. The average molecular weight is 409 g/mol. The molecule has 1 saturated heterocycles. The van der Waals surface area contributed by atoms with Crippen LogP contribution in [0.25, 0.3) is 0 Å². The van der Waals surface area contributed by atoms with Crippen molar-refractivity contribution in [2.75, 3.05) is 39.4 Å². The highest BCUT2D eigenvalue weighted by molar-refractivity contribution is 7.89. The number of hydrogen-bond acceptors (Lipinski definition) is 6. The lowest BCUT2D eigenvalue weighted by Crippen LogP contribution is -2.50. The summed E-state index contributed by atoms with van der Waals surface area (Å²) in [5, 5.41) is 1.94. The van der Waals surface area contributed by atoms with Crippen LogP contribution in [-0.2, 0) is 21.2 Å². The van der Waals surface area contributed by atoms with Crippen LogP contribution in [0, 0.1) is 0 Å². The standard InChI is InChI=1S/C18H20N2O5S2/c21-18(12-14-2-1-11-26-14)19-5-7-20(8-6-19)27(22,23)15-3-4-16-17(13-15)25-10-9-24-16/h1-4,11,13H,5-10,12H2. The van der Waals surface area contributed by atoms with Crippen molar-refractivity contribution in [2.24, 2.45) is 0 Å². The first-order valence-electron chi connectivity index (χ1n) is 8.74. The van der Waals surface area contributed by atoms with Crippen LogP contribution < -0.4 is 9.47 Å². The van der Waals surface area contributed by atoms with Gasteiger partial charge < -0.3 is 14.4 Å². The highest BCUT2D eigenvalue weighted by Crippen LogP contribution is 2.33. The number of piperazine rings is 1. The van der Waals surface area contributed by atoms with E-state index in [4.69, 9.17) is 9.47 Å². The topological polar surface area (TPSA) is 76.2 Å². The molecule has 2 aliphatic heterocycles. The molecule has 0 radical (unpaired) electrons. The quantitative estimate of drug-likeness (QED) is 0.768. The zero-order valence-electron chi connectivity index (χ0n) is 14.7. The molecule has 0 aliphatic carbocycles. The van der Waals surface area contributed by atoms with E-state index < -0.39 is 10.0 Å². The maximum absolute atomic E-state index is 12.9. The fourth-order valence-electron chi connectivity index (χ4n) is 3.19. The summed E-state index contributed by atoms with van der Waals surface area (Å²) in [4.78, 5) is 15.3. The first kappa shape index (κ1) is 18.3. The molecule has 3 heterocycles. The summed E-state index contributed by atoms with van der Waals surface area (Å²) in [6, 6.07) is 8.54. The van der Waals surface area contributed by atoms with Crippen molar-refractivity contribution in [3.05, 3.63) is 40.6 Å². The van der Waals surface area contributed by atoms with E-state index in [0.717, 1.165) is 4.88 Å². The third-order valence-electron chi connectivity index (χ3n) is 4.65. The van der Waals surface area contributed by atoms with Gasteiger partial charge in [-0.25, -0.2) is 8.42 Å². The minimum absolute atomic E-state index is 0.0360. The number of carbonyl (C=O) groups excluding carboxylic acids is 1. The van der Waals surface area contributed by atoms with Gasteiger partial charge in [0.25, 0.3) is 0 Å². The van der Waals surface area contributed by atoms with Crippen LogP contribution in [0.1, 0.15) is 4.88 Å². The first-order chi connectivity index (χ1) is 13.0. The summed E-state index contributed by atoms with van der Waals surface area (Å²) in [7, 11) is -3.63. The summed E-state index contributed by atoms with van der Waals surface area (Å²) in [5.74, 6) is 1.05. The summed E-state index contributed by atoms with van der Waals surface area (Å²) in [6.45, 7) is 2.23. The molecule has 1 amide bonds. The van der Waals surface area contributed by atoms with Crippen LogP contribution in [0.5, 0.6) is 11.5 Å². The van der Waals surface area contributed by atoms with Gasteiger partial charge >= 0.3 is 0 Å². The lowest BCUT2D eigenvalue weighted by molar-refractivity contribution is -0.131. The van der Waals surface area contributed by atoms with Crippen molar-refractivity contribution in [2.45, 2.75) is 11.3 Å². The van der Waals surface area contributed by atoms with E-state index in [1.807, 2.05) is 17.5 Å². The molecule has 144 valence electrons. The Balaban J connectivity index is 1.42.